The molecule has 0 amide bonds. The number of anilines is 2. The Hall–Kier alpha value is -2.22. The maximum atomic E-state index is 4.53. The summed E-state index contributed by atoms with van der Waals surface area (Å²) in [7, 11) is 1.87. The Kier molecular flexibility index (Phi) is 3.96. The first-order chi connectivity index (χ1) is 10.3. The van der Waals surface area contributed by atoms with Gasteiger partial charge >= 0.3 is 0 Å². The number of hydrogen-bond acceptors (Lipinski definition) is 7. The molecule has 21 heavy (non-hydrogen) atoms. The van der Waals surface area contributed by atoms with Crippen LogP contribution in [0.5, 0.6) is 0 Å². The largest absolute Gasteiger partial charge is 0.369 e. The van der Waals surface area contributed by atoms with E-state index < -0.39 is 0 Å². The maximum Gasteiger partial charge on any atom is 0.226 e. The Bertz CT molecular complexity index is 733. The van der Waals surface area contributed by atoms with Crippen molar-refractivity contribution in [2.45, 2.75) is 13.3 Å². The Morgan fingerprint density at radius 2 is 2.19 bits per heavy atom. The van der Waals surface area contributed by atoms with Gasteiger partial charge in [0.2, 0.25) is 5.95 Å². The minimum absolute atomic E-state index is 0.658. The number of aromatic nitrogens is 5. The normalized spacial score (nSPS) is 11.0. The van der Waals surface area contributed by atoms with Crippen LogP contribution in [0.25, 0.3) is 10.2 Å². The third-order valence-corrected chi connectivity index (χ3v) is 3.75. The van der Waals surface area contributed by atoms with E-state index in [-0.39, 0.29) is 0 Å². The monoisotopic (exact) mass is 303 g/mol. The van der Waals surface area contributed by atoms with Crippen molar-refractivity contribution >= 4 is 33.3 Å². The van der Waals surface area contributed by atoms with Gasteiger partial charge in [0.1, 0.15) is 17.0 Å². The van der Waals surface area contributed by atoms with Crippen LogP contribution in [0.1, 0.15) is 12.7 Å². The fourth-order valence-electron chi connectivity index (χ4n) is 2.02. The predicted octanol–water partition coefficient (Wildman–Crippen LogP) is 1.91. The molecule has 0 unspecified atom stereocenters. The number of nitrogens with one attached hydrogen (secondary N) is 2. The van der Waals surface area contributed by atoms with Crippen molar-refractivity contribution in [1.82, 2.24) is 24.7 Å². The molecule has 0 radical (unpaired) electrons. The lowest BCUT2D eigenvalue weighted by Gasteiger charge is -2.08. The average molecular weight is 303 g/mol. The summed E-state index contributed by atoms with van der Waals surface area (Å²) in [6.45, 7) is 3.56. The molecule has 3 heterocycles. The molecule has 0 bridgehead atoms. The van der Waals surface area contributed by atoms with Crippen molar-refractivity contribution in [3.63, 3.8) is 0 Å². The summed E-state index contributed by atoms with van der Waals surface area (Å²) in [5.41, 5.74) is 0. The summed E-state index contributed by atoms with van der Waals surface area (Å²) in [5, 5.41) is 13.9. The molecular weight excluding hydrogens is 286 g/mol. The SMILES string of the molecule is CCNc1nc(NCCc2ncn(C)n2)c2ccsc2n1. The number of nitrogens with zero attached hydrogens (tertiary/aromatic N) is 5. The van der Waals surface area contributed by atoms with Gasteiger partial charge in [0.25, 0.3) is 0 Å². The van der Waals surface area contributed by atoms with Crippen molar-refractivity contribution in [2.24, 2.45) is 7.05 Å². The molecule has 0 atom stereocenters. The predicted molar refractivity (Wildman–Crippen MR) is 84.8 cm³/mol. The van der Waals surface area contributed by atoms with Crippen molar-refractivity contribution in [3.8, 4) is 0 Å². The van der Waals surface area contributed by atoms with E-state index in [4.69, 9.17) is 0 Å². The van der Waals surface area contributed by atoms with E-state index in [0.717, 1.165) is 41.4 Å². The third kappa shape index (κ3) is 3.10. The highest BCUT2D eigenvalue weighted by atomic mass is 32.1. The van der Waals surface area contributed by atoms with Crippen LogP contribution >= 0.6 is 11.3 Å². The van der Waals surface area contributed by atoms with E-state index in [9.17, 15) is 0 Å². The number of hydrogen-bond donors (Lipinski definition) is 2. The van der Waals surface area contributed by atoms with E-state index in [0.29, 0.717) is 5.95 Å². The molecule has 0 saturated carbocycles. The van der Waals surface area contributed by atoms with Gasteiger partial charge in [-0.25, -0.2) is 9.97 Å². The quantitative estimate of drug-likeness (QED) is 0.724. The number of thiophene rings is 1. The summed E-state index contributed by atoms with van der Waals surface area (Å²) >= 11 is 1.62. The fraction of sp³-hybridized carbons (Fsp3) is 0.385. The first-order valence-electron chi connectivity index (χ1n) is 6.83. The molecular formula is C13H17N7S. The van der Waals surface area contributed by atoms with Gasteiger partial charge in [-0.2, -0.15) is 10.1 Å². The molecule has 8 heteroatoms. The second kappa shape index (κ2) is 6.04. The second-order valence-corrected chi connectivity index (χ2v) is 5.47. The molecule has 7 nitrogen and oxygen atoms in total. The van der Waals surface area contributed by atoms with Gasteiger partial charge in [-0.1, -0.05) is 0 Å². The highest BCUT2D eigenvalue weighted by Gasteiger charge is 2.08. The third-order valence-electron chi connectivity index (χ3n) is 2.95. The Balaban J connectivity index is 1.74. The van der Waals surface area contributed by atoms with Crippen molar-refractivity contribution in [3.05, 3.63) is 23.6 Å². The minimum Gasteiger partial charge on any atom is -0.369 e. The number of aryl methyl sites for hydroxylation is 1. The smallest absolute Gasteiger partial charge is 0.226 e. The molecule has 0 aliphatic carbocycles. The van der Waals surface area contributed by atoms with Crippen LogP contribution in [0.3, 0.4) is 0 Å². The molecule has 0 fully saturated rings. The van der Waals surface area contributed by atoms with E-state index >= 15 is 0 Å². The van der Waals surface area contributed by atoms with Crippen molar-refractivity contribution < 1.29 is 0 Å². The van der Waals surface area contributed by atoms with Crippen LogP contribution in [0.2, 0.25) is 0 Å². The zero-order valence-corrected chi connectivity index (χ0v) is 12.8. The minimum atomic E-state index is 0.658. The van der Waals surface area contributed by atoms with Gasteiger partial charge in [-0.3, -0.25) is 4.68 Å². The Morgan fingerprint density at radius 3 is 2.95 bits per heavy atom. The lowest BCUT2D eigenvalue weighted by Crippen LogP contribution is -2.10. The molecule has 110 valence electrons. The van der Waals surface area contributed by atoms with Gasteiger partial charge in [-0.15, -0.1) is 11.3 Å². The molecule has 2 N–H and O–H groups in total. The van der Waals surface area contributed by atoms with Crippen molar-refractivity contribution in [2.75, 3.05) is 23.7 Å². The van der Waals surface area contributed by atoms with Crippen molar-refractivity contribution in [1.29, 1.82) is 0 Å². The van der Waals surface area contributed by atoms with Crippen LogP contribution in [0.15, 0.2) is 17.8 Å². The van der Waals surface area contributed by atoms with E-state index in [2.05, 4.69) is 30.7 Å². The summed E-state index contributed by atoms with van der Waals surface area (Å²) in [6.07, 6.45) is 2.47. The van der Waals surface area contributed by atoms with E-state index in [1.54, 1.807) is 22.3 Å². The molecule has 0 aliphatic heterocycles. The van der Waals surface area contributed by atoms with Gasteiger partial charge < -0.3 is 10.6 Å². The molecule has 0 spiro atoms. The average Bonchev–Trinajstić information content (AvgIpc) is 3.08. The van der Waals surface area contributed by atoms with Crippen LogP contribution in [0.4, 0.5) is 11.8 Å². The van der Waals surface area contributed by atoms with Crippen LogP contribution in [-0.4, -0.2) is 37.8 Å². The lowest BCUT2D eigenvalue weighted by molar-refractivity contribution is 0.742. The fourth-order valence-corrected chi connectivity index (χ4v) is 2.78. The molecule has 0 aliphatic rings. The highest BCUT2D eigenvalue weighted by molar-refractivity contribution is 7.16. The molecule has 3 rings (SSSR count). The van der Waals surface area contributed by atoms with Crippen LogP contribution in [0, 0.1) is 0 Å². The standard InChI is InChI=1S/C13H17N7S/c1-3-14-13-17-11(9-5-7-21-12(9)18-13)15-6-4-10-16-8-20(2)19-10/h5,7-8H,3-4,6H2,1-2H3,(H2,14,15,17,18). The summed E-state index contributed by atoms with van der Waals surface area (Å²) < 4.78 is 1.71. The maximum absolute atomic E-state index is 4.53. The molecule has 0 aromatic carbocycles. The highest BCUT2D eigenvalue weighted by Crippen LogP contribution is 2.26. The molecule has 0 saturated heterocycles. The van der Waals surface area contributed by atoms with E-state index in [1.165, 1.54) is 0 Å². The number of rotatable bonds is 6. The second-order valence-electron chi connectivity index (χ2n) is 4.58. The lowest BCUT2D eigenvalue weighted by atomic mass is 10.3. The first kappa shape index (κ1) is 13.7. The molecule has 3 aromatic heterocycles. The topological polar surface area (TPSA) is 80.5 Å². The van der Waals surface area contributed by atoms with Gasteiger partial charge in [0.05, 0.1) is 5.39 Å². The Labute approximate surface area is 126 Å². The van der Waals surface area contributed by atoms with Crippen LogP contribution in [-0.2, 0) is 13.5 Å². The zero-order chi connectivity index (χ0) is 14.7. The summed E-state index contributed by atoms with van der Waals surface area (Å²) in [5.74, 6) is 2.34. The number of fused-ring (bicyclic) bond motifs is 1. The van der Waals surface area contributed by atoms with Crippen LogP contribution < -0.4 is 10.6 Å². The van der Waals surface area contributed by atoms with Gasteiger partial charge in [-0.05, 0) is 18.4 Å². The van der Waals surface area contributed by atoms with E-state index in [1.807, 2.05) is 25.4 Å². The summed E-state index contributed by atoms with van der Waals surface area (Å²) in [6, 6.07) is 2.04. The summed E-state index contributed by atoms with van der Waals surface area (Å²) in [4.78, 5) is 14.2. The zero-order valence-electron chi connectivity index (χ0n) is 12.0. The molecule has 3 aromatic rings. The van der Waals surface area contributed by atoms with Gasteiger partial charge in [0.15, 0.2) is 5.82 Å². The van der Waals surface area contributed by atoms with Gasteiger partial charge in [0, 0.05) is 26.6 Å². The first-order valence-corrected chi connectivity index (χ1v) is 7.71. The Morgan fingerprint density at radius 1 is 1.29 bits per heavy atom.